The summed E-state index contributed by atoms with van der Waals surface area (Å²) in [6.07, 6.45) is 0. The van der Waals surface area contributed by atoms with E-state index < -0.39 is 0 Å². The van der Waals surface area contributed by atoms with E-state index in [1.165, 1.54) is 0 Å². The minimum Gasteiger partial charge on any atom is -0.378 e. The Balaban J connectivity index is 2.71. The molecule has 13 heavy (non-hydrogen) atoms. The minimum absolute atomic E-state index is 0.519. The predicted molar refractivity (Wildman–Crippen MR) is 52.8 cm³/mol. The number of hydrogen-bond donors (Lipinski definition) is 0. The SMILES string of the molecule is COCc1cc(Cl)n(CC(C)C)n1. The van der Waals surface area contributed by atoms with E-state index >= 15 is 0 Å². The largest absolute Gasteiger partial charge is 0.378 e. The van der Waals surface area contributed by atoms with Crippen LogP contribution in [0.2, 0.25) is 5.15 Å². The molecule has 74 valence electrons. The molecule has 0 aliphatic heterocycles. The average Bonchev–Trinajstić information content (AvgIpc) is 2.31. The lowest BCUT2D eigenvalue weighted by Crippen LogP contribution is -2.06. The summed E-state index contributed by atoms with van der Waals surface area (Å²) >= 11 is 5.97. The number of rotatable bonds is 4. The lowest BCUT2D eigenvalue weighted by Gasteiger charge is -2.05. The van der Waals surface area contributed by atoms with Gasteiger partial charge in [-0.1, -0.05) is 25.4 Å². The molecule has 0 aromatic carbocycles. The van der Waals surface area contributed by atoms with Crippen molar-refractivity contribution in [1.29, 1.82) is 0 Å². The second-order valence-electron chi connectivity index (χ2n) is 3.47. The van der Waals surface area contributed by atoms with Crippen LogP contribution in [0.4, 0.5) is 0 Å². The van der Waals surface area contributed by atoms with Crippen molar-refractivity contribution in [2.75, 3.05) is 7.11 Å². The van der Waals surface area contributed by atoms with Gasteiger partial charge in [-0.25, -0.2) is 0 Å². The Morgan fingerprint density at radius 1 is 1.62 bits per heavy atom. The normalized spacial score (nSPS) is 11.2. The van der Waals surface area contributed by atoms with Gasteiger partial charge in [0.05, 0.1) is 12.3 Å². The lowest BCUT2D eigenvalue weighted by atomic mass is 10.2. The predicted octanol–water partition coefficient (Wildman–Crippen LogP) is 2.34. The van der Waals surface area contributed by atoms with Crippen molar-refractivity contribution in [3.8, 4) is 0 Å². The van der Waals surface area contributed by atoms with Gasteiger partial charge in [-0.05, 0) is 5.92 Å². The Morgan fingerprint density at radius 2 is 2.31 bits per heavy atom. The summed E-state index contributed by atoms with van der Waals surface area (Å²) in [6, 6.07) is 1.84. The molecular formula is C9H15ClN2O. The van der Waals surface area contributed by atoms with E-state index in [1.807, 2.05) is 6.07 Å². The lowest BCUT2D eigenvalue weighted by molar-refractivity contribution is 0.180. The third-order valence-corrected chi connectivity index (χ3v) is 1.92. The van der Waals surface area contributed by atoms with Gasteiger partial charge in [0.15, 0.2) is 0 Å². The van der Waals surface area contributed by atoms with E-state index in [2.05, 4.69) is 18.9 Å². The van der Waals surface area contributed by atoms with Gasteiger partial charge in [-0.3, -0.25) is 4.68 Å². The zero-order valence-electron chi connectivity index (χ0n) is 8.25. The van der Waals surface area contributed by atoms with E-state index in [9.17, 15) is 0 Å². The van der Waals surface area contributed by atoms with Gasteiger partial charge in [0, 0.05) is 19.7 Å². The van der Waals surface area contributed by atoms with Crippen molar-refractivity contribution < 1.29 is 4.74 Å². The highest BCUT2D eigenvalue weighted by atomic mass is 35.5. The van der Waals surface area contributed by atoms with Crippen LogP contribution in [0, 0.1) is 5.92 Å². The minimum atomic E-state index is 0.519. The summed E-state index contributed by atoms with van der Waals surface area (Å²) in [5, 5.41) is 4.98. The van der Waals surface area contributed by atoms with E-state index in [-0.39, 0.29) is 0 Å². The van der Waals surface area contributed by atoms with Gasteiger partial charge in [-0.2, -0.15) is 5.10 Å². The Morgan fingerprint density at radius 3 is 2.85 bits per heavy atom. The van der Waals surface area contributed by atoms with Gasteiger partial charge in [0.2, 0.25) is 0 Å². The Bertz CT molecular complexity index is 271. The summed E-state index contributed by atoms with van der Waals surface area (Å²) in [6.45, 7) is 5.63. The topological polar surface area (TPSA) is 27.1 Å². The van der Waals surface area contributed by atoms with Crippen LogP contribution in [0.25, 0.3) is 0 Å². The van der Waals surface area contributed by atoms with Crippen LogP contribution in [0.15, 0.2) is 6.07 Å². The highest BCUT2D eigenvalue weighted by molar-refractivity contribution is 6.29. The first kappa shape index (κ1) is 10.5. The third kappa shape index (κ3) is 3.01. The van der Waals surface area contributed by atoms with Crippen LogP contribution >= 0.6 is 11.6 Å². The molecule has 3 nitrogen and oxygen atoms in total. The molecule has 0 bridgehead atoms. The van der Waals surface area contributed by atoms with Crippen LogP contribution in [0.5, 0.6) is 0 Å². The second-order valence-corrected chi connectivity index (χ2v) is 3.85. The first-order chi connectivity index (χ1) is 6.13. The van der Waals surface area contributed by atoms with Crippen LogP contribution < -0.4 is 0 Å². The molecular weight excluding hydrogens is 188 g/mol. The number of aromatic nitrogens is 2. The summed E-state index contributed by atoms with van der Waals surface area (Å²) in [5.41, 5.74) is 0.883. The molecule has 0 saturated heterocycles. The molecule has 0 aliphatic carbocycles. The van der Waals surface area contributed by atoms with E-state index in [0.717, 1.165) is 12.2 Å². The fourth-order valence-corrected chi connectivity index (χ4v) is 1.37. The molecule has 1 rings (SSSR count). The highest BCUT2D eigenvalue weighted by Crippen LogP contribution is 2.13. The van der Waals surface area contributed by atoms with Crippen molar-refractivity contribution in [2.45, 2.75) is 27.0 Å². The van der Waals surface area contributed by atoms with E-state index in [1.54, 1.807) is 11.8 Å². The molecule has 1 aromatic rings. The fourth-order valence-electron chi connectivity index (χ4n) is 1.14. The maximum atomic E-state index is 5.97. The first-order valence-electron chi connectivity index (χ1n) is 4.34. The first-order valence-corrected chi connectivity index (χ1v) is 4.72. The quantitative estimate of drug-likeness (QED) is 0.750. The zero-order chi connectivity index (χ0) is 9.84. The molecule has 0 unspecified atom stereocenters. The molecule has 1 aromatic heterocycles. The number of ether oxygens (including phenoxy) is 1. The molecule has 0 N–H and O–H groups in total. The molecule has 0 atom stereocenters. The third-order valence-electron chi connectivity index (χ3n) is 1.61. The molecule has 4 heteroatoms. The summed E-state index contributed by atoms with van der Waals surface area (Å²) in [5.74, 6) is 0.549. The smallest absolute Gasteiger partial charge is 0.127 e. The van der Waals surface area contributed by atoms with Gasteiger partial charge < -0.3 is 4.74 Å². The second kappa shape index (κ2) is 4.63. The van der Waals surface area contributed by atoms with Crippen molar-refractivity contribution in [3.63, 3.8) is 0 Å². The Kier molecular flexibility index (Phi) is 3.75. The van der Waals surface area contributed by atoms with E-state index in [0.29, 0.717) is 17.7 Å². The summed E-state index contributed by atoms with van der Waals surface area (Å²) in [7, 11) is 1.65. The summed E-state index contributed by atoms with van der Waals surface area (Å²) < 4.78 is 6.77. The number of hydrogen-bond acceptors (Lipinski definition) is 2. The molecule has 0 aliphatic rings. The van der Waals surface area contributed by atoms with Crippen LogP contribution in [0.3, 0.4) is 0 Å². The van der Waals surface area contributed by atoms with Crippen molar-refractivity contribution in [3.05, 3.63) is 16.9 Å². The molecule has 1 heterocycles. The van der Waals surface area contributed by atoms with Crippen LogP contribution in [0.1, 0.15) is 19.5 Å². The maximum Gasteiger partial charge on any atom is 0.127 e. The fraction of sp³-hybridized carbons (Fsp3) is 0.667. The zero-order valence-corrected chi connectivity index (χ0v) is 9.01. The van der Waals surface area contributed by atoms with Crippen molar-refractivity contribution >= 4 is 11.6 Å². The molecule has 0 amide bonds. The van der Waals surface area contributed by atoms with Crippen LogP contribution in [-0.2, 0) is 17.9 Å². The highest BCUT2D eigenvalue weighted by Gasteiger charge is 2.06. The molecule has 0 radical (unpaired) electrons. The van der Waals surface area contributed by atoms with Gasteiger partial charge in [0.1, 0.15) is 5.15 Å². The number of halogens is 1. The molecule has 0 spiro atoms. The van der Waals surface area contributed by atoms with Crippen molar-refractivity contribution in [2.24, 2.45) is 5.92 Å². The van der Waals surface area contributed by atoms with E-state index in [4.69, 9.17) is 16.3 Å². The van der Waals surface area contributed by atoms with Crippen molar-refractivity contribution in [1.82, 2.24) is 9.78 Å². The monoisotopic (exact) mass is 202 g/mol. The Labute approximate surface area is 83.6 Å². The molecule has 0 saturated carbocycles. The Hall–Kier alpha value is -0.540. The number of nitrogens with zero attached hydrogens (tertiary/aromatic N) is 2. The van der Waals surface area contributed by atoms with Gasteiger partial charge in [0.25, 0.3) is 0 Å². The van der Waals surface area contributed by atoms with Gasteiger partial charge in [-0.15, -0.1) is 0 Å². The standard InChI is InChI=1S/C9H15ClN2O/c1-7(2)5-12-9(10)4-8(11-12)6-13-3/h4,7H,5-6H2,1-3H3. The average molecular weight is 203 g/mol. The maximum absolute atomic E-state index is 5.97. The number of methoxy groups -OCH3 is 1. The summed E-state index contributed by atoms with van der Waals surface area (Å²) in [4.78, 5) is 0. The van der Waals surface area contributed by atoms with Crippen LogP contribution in [-0.4, -0.2) is 16.9 Å². The van der Waals surface area contributed by atoms with Gasteiger partial charge >= 0.3 is 0 Å². The molecule has 0 fully saturated rings.